The Morgan fingerprint density at radius 2 is 1.88 bits per heavy atom. The molecule has 0 saturated carbocycles. The van der Waals surface area contributed by atoms with Crippen LogP contribution in [-0.4, -0.2) is 42.6 Å². The first-order valence-corrected chi connectivity index (χ1v) is 8.78. The van der Waals surface area contributed by atoms with Gasteiger partial charge in [0.05, 0.1) is 12.1 Å². The lowest BCUT2D eigenvalue weighted by Gasteiger charge is -2.44. The Hall–Kier alpha value is -2.17. The summed E-state index contributed by atoms with van der Waals surface area (Å²) < 4.78 is 5.67. The van der Waals surface area contributed by atoms with Gasteiger partial charge < -0.3 is 15.4 Å². The molecule has 1 amide bonds. The summed E-state index contributed by atoms with van der Waals surface area (Å²) in [6.45, 7) is 3.09. The van der Waals surface area contributed by atoms with Gasteiger partial charge in [-0.1, -0.05) is 48.5 Å². The number of amides is 1. The molecule has 1 fully saturated rings. The minimum atomic E-state index is -0.316. The number of nitrogens with zero attached hydrogens (tertiary/aromatic N) is 1. The Morgan fingerprint density at radius 1 is 1.20 bits per heavy atom. The second-order valence-corrected chi connectivity index (χ2v) is 6.93. The molecule has 0 bridgehead atoms. The number of benzene rings is 2. The van der Waals surface area contributed by atoms with Crippen LogP contribution in [0.5, 0.6) is 0 Å². The molecule has 3 rings (SSSR count). The second kappa shape index (κ2) is 7.38. The van der Waals surface area contributed by atoms with Crippen LogP contribution in [0.2, 0.25) is 0 Å². The van der Waals surface area contributed by atoms with Crippen LogP contribution in [0, 0.1) is 0 Å². The number of hydrogen-bond donors (Lipinski definition) is 1. The van der Waals surface area contributed by atoms with E-state index < -0.39 is 0 Å². The number of carbonyl (C=O) groups is 1. The molecular weight excluding hydrogens is 312 g/mol. The minimum Gasteiger partial charge on any atom is -0.377 e. The van der Waals surface area contributed by atoms with Gasteiger partial charge in [0.2, 0.25) is 0 Å². The van der Waals surface area contributed by atoms with E-state index in [1.54, 1.807) is 7.11 Å². The van der Waals surface area contributed by atoms with Crippen LogP contribution in [0.3, 0.4) is 0 Å². The van der Waals surface area contributed by atoms with Crippen LogP contribution >= 0.6 is 0 Å². The van der Waals surface area contributed by atoms with Crippen LogP contribution < -0.4 is 5.73 Å². The molecule has 0 aliphatic carbocycles. The van der Waals surface area contributed by atoms with Crippen LogP contribution in [0.15, 0.2) is 54.6 Å². The average Bonchev–Trinajstić information content (AvgIpc) is 2.68. The van der Waals surface area contributed by atoms with Gasteiger partial charge in [-0.3, -0.25) is 4.79 Å². The highest BCUT2D eigenvalue weighted by molar-refractivity contribution is 6.01. The number of likely N-dealkylation sites (tertiary alicyclic amines) is 1. The molecular formula is C21H26N2O2. The summed E-state index contributed by atoms with van der Waals surface area (Å²) in [5.41, 5.74) is 8.35. The molecule has 1 aliphatic rings. The zero-order valence-electron chi connectivity index (χ0n) is 14.9. The number of ether oxygens (including phenoxy) is 1. The molecule has 2 aromatic carbocycles. The van der Waals surface area contributed by atoms with E-state index in [0.29, 0.717) is 18.7 Å². The molecule has 2 unspecified atom stereocenters. The van der Waals surface area contributed by atoms with Crippen LogP contribution in [0.4, 0.5) is 0 Å². The van der Waals surface area contributed by atoms with Crippen molar-refractivity contribution in [3.8, 4) is 11.1 Å². The van der Waals surface area contributed by atoms with Crippen molar-refractivity contribution in [2.45, 2.75) is 31.4 Å². The van der Waals surface area contributed by atoms with Crippen molar-refractivity contribution in [2.24, 2.45) is 5.73 Å². The number of piperidine rings is 1. The quantitative estimate of drug-likeness (QED) is 0.930. The van der Waals surface area contributed by atoms with E-state index in [-0.39, 0.29) is 17.6 Å². The van der Waals surface area contributed by atoms with E-state index in [1.165, 1.54) is 0 Å². The maximum atomic E-state index is 13.4. The van der Waals surface area contributed by atoms with E-state index >= 15 is 0 Å². The van der Waals surface area contributed by atoms with Gasteiger partial charge >= 0.3 is 0 Å². The number of rotatable bonds is 4. The molecule has 2 atom stereocenters. The molecule has 1 saturated heterocycles. The molecule has 25 heavy (non-hydrogen) atoms. The fourth-order valence-corrected chi connectivity index (χ4v) is 3.54. The molecule has 0 aromatic heterocycles. The van der Waals surface area contributed by atoms with E-state index in [1.807, 2.05) is 59.5 Å². The number of nitrogens with two attached hydrogens (primary N) is 1. The Kier molecular flexibility index (Phi) is 5.21. The van der Waals surface area contributed by atoms with Gasteiger partial charge in [-0.15, -0.1) is 0 Å². The minimum absolute atomic E-state index is 0.0258. The van der Waals surface area contributed by atoms with Crippen molar-refractivity contribution in [3.05, 3.63) is 60.2 Å². The standard InChI is InChI=1S/C21H26N2O2/c1-21(25-2)13-12-17(14-22)23(15-21)20(24)19-11-7-6-10-18(19)16-8-4-3-5-9-16/h3-11,17H,12-15,22H2,1-2H3. The first-order valence-electron chi connectivity index (χ1n) is 8.78. The monoisotopic (exact) mass is 338 g/mol. The fourth-order valence-electron chi connectivity index (χ4n) is 3.54. The van der Waals surface area contributed by atoms with Gasteiger partial charge in [-0.25, -0.2) is 0 Å². The van der Waals surface area contributed by atoms with Crippen LogP contribution in [0.1, 0.15) is 30.1 Å². The van der Waals surface area contributed by atoms with Crippen LogP contribution in [0.25, 0.3) is 11.1 Å². The molecule has 4 nitrogen and oxygen atoms in total. The predicted molar refractivity (Wildman–Crippen MR) is 100 cm³/mol. The summed E-state index contributed by atoms with van der Waals surface area (Å²) in [5.74, 6) is 0.0258. The van der Waals surface area contributed by atoms with E-state index in [4.69, 9.17) is 10.5 Å². The Bertz CT molecular complexity index is 732. The zero-order chi connectivity index (χ0) is 17.9. The van der Waals surface area contributed by atoms with Gasteiger partial charge in [0.1, 0.15) is 0 Å². The number of methoxy groups -OCH3 is 1. The Labute approximate surface area is 149 Å². The van der Waals surface area contributed by atoms with E-state index in [9.17, 15) is 4.79 Å². The largest absolute Gasteiger partial charge is 0.377 e. The molecule has 0 spiro atoms. The van der Waals surface area contributed by atoms with Crippen molar-refractivity contribution in [2.75, 3.05) is 20.2 Å². The van der Waals surface area contributed by atoms with Gasteiger partial charge in [0, 0.05) is 25.3 Å². The lowest BCUT2D eigenvalue weighted by molar-refractivity contribution is -0.0577. The summed E-state index contributed by atoms with van der Waals surface area (Å²) in [6, 6.07) is 17.9. The average molecular weight is 338 g/mol. The highest BCUT2D eigenvalue weighted by atomic mass is 16.5. The van der Waals surface area contributed by atoms with Gasteiger partial charge in [0.15, 0.2) is 0 Å². The molecule has 4 heteroatoms. The van der Waals surface area contributed by atoms with E-state index in [2.05, 4.69) is 6.92 Å². The molecule has 132 valence electrons. The predicted octanol–water partition coefficient (Wildman–Crippen LogP) is 3.32. The van der Waals surface area contributed by atoms with Crippen molar-refractivity contribution in [1.29, 1.82) is 0 Å². The maximum Gasteiger partial charge on any atom is 0.254 e. The fraction of sp³-hybridized carbons (Fsp3) is 0.381. The smallest absolute Gasteiger partial charge is 0.254 e. The van der Waals surface area contributed by atoms with Gasteiger partial charge in [0.25, 0.3) is 5.91 Å². The summed E-state index contributed by atoms with van der Waals surface area (Å²) >= 11 is 0. The summed E-state index contributed by atoms with van der Waals surface area (Å²) in [4.78, 5) is 15.3. The van der Waals surface area contributed by atoms with Gasteiger partial charge in [-0.2, -0.15) is 0 Å². The first kappa shape index (κ1) is 17.6. The molecule has 1 heterocycles. The van der Waals surface area contributed by atoms with Crippen molar-refractivity contribution in [1.82, 2.24) is 4.90 Å². The lowest BCUT2D eigenvalue weighted by Crippen LogP contribution is -2.56. The Balaban J connectivity index is 1.97. The summed E-state index contributed by atoms with van der Waals surface area (Å²) in [7, 11) is 1.71. The molecule has 0 radical (unpaired) electrons. The van der Waals surface area contributed by atoms with Crippen molar-refractivity contribution in [3.63, 3.8) is 0 Å². The molecule has 2 N–H and O–H groups in total. The Morgan fingerprint density at radius 3 is 2.56 bits per heavy atom. The zero-order valence-corrected chi connectivity index (χ0v) is 14.9. The molecule has 1 aliphatic heterocycles. The number of carbonyl (C=O) groups excluding carboxylic acids is 1. The van der Waals surface area contributed by atoms with E-state index in [0.717, 1.165) is 24.0 Å². The summed E-state index contributed by atoms with van der Waals surface area (Å²) in [5, 5.41) is 0. The second-order valence-electron chi connectivity index (χ2n) is 6.93. The van der Waals surface area contributed by atoms with Crippen LogP contribution in [-0.2, 0) is 4.74 Å². The van der Waals surface area contributed by atoms with Crippen molar-refractivity contribution < 1.29 is 9.53 Å². The first-order chi connectivity index (χ1) is 12.1. The third kappa shape index (κ3) is 3.60. The lowest BCUT2D eigenvalue weighted by atomic mass is 9.88. The highest BCUT2D eigenvalue weighted by Gasteiger charge is 2.38. The molecule has 2 aromatic rings. The summed E-state index contributed by atoms with van der Waals surface area (Å²) in [6.07, 6.45) is 1.77. The third-order valence-electron chi connectivity index (χ3n) is 5.22. The van der Waals surface area contributed by atoms with Gasteiger partial charge in [-0.05, 0) is 37.0 Å². The topological polar surface area (TPSA) is 55.6 Å². The SMILES string of the molecule is COC1(C)CCC(CN)N(C(=O)c2ccccc2-c2ccccc2)C1. The van der Waals surface area contributed by atoms with Crippen molar-refractivity contribution >= 4 is 5.91 Å². The third-order valence-corrected chi connectivity index (χ3v) is 5.22. The number of hydrogen-bond acceptors (Lipinski definition) is 3. The normalized spacial score (nSPS) is 23.5. The maximum absolute atomic E-state index is 13.4. The highest BCUT2D eigenvalue weighted by Crippen LogP contribution is 2.31.